The van der Waals surface area contributed by atoms with E-state index >= 15 is 0 Å². The van der Waals surface area contributed by atoms with E-state index in [1.807, 2.05) is 6.08 Å². The summed E-state index contributed by atoms with van der Waals surface area (Å²) >= 11 is 0. The van der Waals surface area contributed by atoms with Crippen LogP contribution in [0.5, 0.6) is 11.5 Å². The molecule has 0 unspecified atom stereocenters. The predicted molar refractivity (Wildman–Crippen MR) is 66.8 cm³/mol. The normalized spacial score (nSPS) is 14.8. The van der Waals surface area contributed by atoms with Crippen molar-refractivity contribution in [1.82, 2.24) is 0 Å². The van der Waals surface area contributed by atoms with Crippen LogP contribution in [-0.4, -0.2) is 16.2 Å². The van der Waals surface area contributed by atoms with E-state index in [4.69, 9.17) is 9.84 Å². The summed E-state index contributed by atoms with van der Waals surface area (Å²) in [6, 6.07) is 4.32. The van der Waals surface area contributed by atoms with Crippen molar-refractivity contribution in [3.05, 3.63) is 41.7 Å². The Morgan fingerprint density at radius 1 is 1.28 bits per heavy atom. The van der Waals surface area contributed by atoms with Crippen molar-refractivity contribution in [1.29, 1.82) is 0 Å². The summed E-state index contributed by atoms with van der Waals surface area (Å²) in [6.45, 7) is 0. The molecule has 1 aliphatic rings. The lowest BCUT2D eigenvalue weighted by Crippen LogP contribution is -1.98. The highest BCUT2D eigenvalue weighted by Gasteiger charge is 2.08. The number of carbonyl (C=O) groups is 1. The zero-order chi connectivity index (χ0) is 13.0. The molecule has 0 amide bonds. The molecule has 0 fully saturated rings. The molecule has 0 saturated heterocycles. The molecule has 1 aromatic rings. The van der Waals surface area contributed by atoms with Crippen LogP contribution in [0, 0.1) is 0 Å². The Morgan fingerprint density at radius 3 is 2.78 bits per heavy atom. The van der Waals surface area contributed by atoms with Crippen LogP contribution in [0.1, 0.15) is 24.8 Å². The molecule has 1 aliphatic carbocycles. The molecule has 2 N–H and O–H groups in total. The minimum Gasteiger partial charge on any atom is -0.504 e. The van der Waals surface area contributed by atoms with Crippen LogP contribution >= 0.6 is 0 Å². The number of allylic oxidation sites excluding steroid dienone is 2. The van der Waals surface area contributed by atoms with Gasteiger partial charge in [-0.05, 0) is 42.7 Å². The third kappa shape index (κ3) is 3.13. The van der Waals surface area contributed by atoms with Gasteiger partial charge in [-0.3, -0.25) is 0 Å². The summed E-state index contributed by atoms with van der Waals surface area (Å²) in [5.74, 6) is -0.122. The smallest absolute Gasteiger partial charge is 0.335 e. The zero-order valence-electron chi connectivity index (χ0n) is 9.80. The highest BCUT2D eigenvalue weighted by atomic mass is 16.5. The summed E-state index contributed by atoms with van der Waals surface area (Å²) in [4.78, 5) is 11.5. The Morgan fingerprint density at radius 2 is 2.11 bits per heavy atom. The van der Waals surface area contributed by atoms with E-state index in [-0.39, 0.29) is 11.5 Å². The molecule has 0 radical (unpaired) electrons. The van der Waals surface area contributed by atoms with Crippen LogP contribution in [0.3, 0.4) is 0 Å². The first-order chi connectivity index (χ1) is 8.65. The van der Waals surface area contributed by atoms with Gasteiger partial charge in [0.2, 0.25) is 0 Å². The number of ether oxygens (including phenoxy) is 1. The van der Waals surface area contributed by atoms with E-state index in [2.05, 4.69) is 0 Å². The maximum atomic E-state index is 11.5. The third-order valence-corrected chi connectivity index (χ3v) is 2.64. The van der Waals surface area contributed by atoms with Gasteiger partial charge in [-0.25, -0.2) is 4.79 Å². The van der Waals surface area contributed by atoms with Gasteiger partial charge in [-0.15, -0.1) is 0 Å². The Hall–Kier alpha value is -2.23. The van der Waals surface area contributed by atoms with Crippen LogP contribution in [-0.2, 0) is 9.53 Å². The second kappa shape index (κ2) is 5.40. The number of carbonyl (C=O) groups excluding carboxylic acids is 1. The fourth-order valence-electron chi connectivity index (χ4n) is 1.71. The molecule has 0 bridgehead atoms. The third-order valence-electron chi connectivity index (χ3n) is 2.64. The molecule has 0 atom stereocenters. The quantitative estimate of drug-likeness (QED) is 0.489. The fourth-order valence-corrected chi connectivity index (χ4v) is 1.71. The predicted octanol–water partition coefficient (Wildman–Crippen LogP) is 2.72. The van der Waals surface area contributed by atoms with Gasteiger partial charge in [0.05, 0.1) is 0 Å². The van der Waals surface area contributed by atoms with Gasteiger partial charge in [0.25, 0.3) is 0 Å². The molecule has 0 aromatic heterocycles. The van der Waals surface area contributed by atoms with Gasteiger partial charge in [-0.2, -0.15) is 0 Å². The number of rotatable bonds is 3. The Kier molecular flexibility index (Phi) is 3.67. The highest BCUT2D eigenvalue weighted by molar-refractivity contribution is 5.87. The molecule has 0 aliphatic heterocycles. The molecule has 1 aromatic carbocycles. The number of aromatic hydroxyl groups is 2. The molecule has 2 rings (SSSR count). The monoisotopic (exact) mass is 246 g/mol. The highest BCUT2D eigenvalue weighted by Crippen LogP contribution is 2.25. The molecule has 0 heterocycles. The molecule has 4 nitrogen and oxygen atoms in total. The molecular formula is C14H14O4. The summed E-state index contributed by atoms with van der Waals surface area (Å²) in [6.07, 6.45) is 7.52. The lowest BCUT2D eigenvalue weighted by molar-refractivity contribution is -0.133. The van der Waals surface area contributed by atoms with E-state index in [0.717, 1.165) is 25.0 Å². The minimum atomic E-state index is -0.435. The Balaban J connectivity index is 1.97. The van der Waals surface area contributed by atoms with Gasteiger partial charge < -0.3 is 14.9 Å². The number of esters is 1. The topological polar surface area (TPSA) is 66.8 Å². The van der Waals surface area contributed by atoms with Crippen LogP contribution in [0.15, 0.2) is 36.1 Å². The second-order valence-electron chi connectivity index (χ2n) is 4.07. The van der Waals surface area contributed by atoms with Crippen LogP contribution in [0.2, 0.25) is 0 Å². The molecular weight excluding hydrogens is 232 g/mol. The van der Waals surface area contributed by atoms with E-state index < -0.39 is 5.97 Å². The van der Waals surface area contributed by atoms with Gasteiger partial charge in [-0.1, -0.05) is 6.07 Å². The zero-order valence-corrected chi connectivity index (χ0v) is 9.80. The van der Waals surface area contributed by atoms with E-state index in [1.165, 1.54) is 24.3 Å². The maximum Gasteiger partial charge on any atom is 0.335 e. The molecule has 0 spiro atoms. The largest absolute Gasteiger partial charge is 0.504 e. The number of benzene rings is 1. The first-order valence-corrected chi connectivity index (χ1v) is 5.76. The average molecular weight is 246 g/mol. The van der Waals surface area contributed by atoms with Crippen molar-refractivity contribution >= 4 is 12.0 Å². The number of phenolic OH excluding ortho intramolecular Hbond substituents is 2. The van der Waals surface area contributed by atoms with Gasteiger partial charge in [0.1, 0.15) is 5.76 Å². The van der Waals surface area contributed by atoms with E-state index in [1.54, 1.807) is 6.07 Å². The summed E-state index contributed by atoms with van der Waals surface area (Å²) in [5.41, 5.74) is 0.614. The van der Waals surface area contributed by atoms with Gasteiger partial charge in [0, 0.05) is 12.5 Å². The van der Waals surface area contributed by atoms with Gasteiger partial charge >= 0.3 is 5.97 Å². The molecule has 94 valence electrons. The summed E-state index contributed by atoms with van der Waals surface area (Å²) in [7, 11) is 0. The van der Waals surface area contributed by atoms with Crippen LogP contribution < -0.4 is 0 Å². The average Bonchev–Trinajstić information content (AvgIpc) is 2.83. The molecule has 18 heavy (non-hydrogen) atoms. The van der Waals surface area contributed by atoms with Crippen molar-refractivity contribution in [2.75, 3.05) is 0 Å². The Labute approximate surface area is 105 Å². The lowest BCUT2D eigenvalue weighted by Gasteiger charge is -2.01. The van der Waals surface area contributed by atoms with Crippen molar-refractivity contribution in [3.63, 3.8) is 0 Å². The first kappa shape index (κ1) is 12.2. The summed E-state index contributed by atoms with van der Waals surface area (Å²) in [5, 5.41) is 18.4. The number of phenols is 2. The van der Waals surface area contributed by atoms with Crippen LogP contribution in [0.25, 0.3) is 6.08 Å². The van der Waals surface area contributed by atoms with Crippen molar-refractivity contribution in [3.8, 4) is 11.5 Å². The van der Waals surface area contributed by atoms with Crippen molar-refractivity contribution in [2.24, 2.45) is 0 Å². The Bertz CT molecular complexity index is 515. The minimum absolute atomic E-state index is 0.189. The first-order valence-electron chi connectivity index (χ1n) is 5.76. The fraction of sp³-hybridized carbons (Fsp3) is 0.214. The molecule has 0 saturated carbocycles. The standard InChI is InChI=1S/C14H14O4/c15-12-7-5-10(9-13(12)16)6-8-14(17)18-11-3-1-2-4-11/h3,5-9,15-16H,1-2,4H2/b8-6+. The number of hydrogen-bond donors (Lipinski definition) is 2. The SMILES string of the molecule is O=C(/C=C/c1ccc(O)c(O)c1)OC1=CCCC1. The van der Waals surface area contributed by atoms with E-state index in [0.29, 0.717) is 5.56 Å². The maximum absolute atomic E-state index is 11.5. The van der Waals surface area contributed by atoms with Crippen LogP contribution in [0.4, 0.5) is 0 Å². The second-order valence-corrected chi connectivity index (χ2v) is 4.07. The molecule has 4 heteroatoms. The number of hydrogen-bond acceptors (Lipinski definition) is 4. The van der Waals surface area contributed by atoms with Gasteiger partial charge in [0.15, 0.2) is 11.5 Å². The lowest BCUT2D eigenvalue weighted by atomic mass is 10.2. The van der Waals surface area contributed by atoms with Crippen molar-refractivity contribution < 1.29 is 19.7 Å². The summed E-state index contributed by atoms with van der Waals surface area (Å²) < 4.78 is 5.11. The van der Waals surface area contributed by atoms with Crippen molar-refractivity contribution in [2.45, 2.75) is 19.3 Å². The van der Waals surface area contributed by atoms with E-state index in [9.17, 15) is 9.90 Å².